The Hall–Kier alpha value is -3.68. The first-order valence-electron chi connectivity index (χ1n) is 14.4. The molecule has 0 aromatic heterocycles. The lowest BCUT2D eigenvalue weighted by molar-refractivity contribution is -0.116. The number of carbonyl (C=O) groups is 3. The summed E-state index contributed by atoms with van der Waals surface area (Å²) in [4.78, 5) is 40.0. The number of ether oxygens (including phenoxy) is 1. The first kappa shape index (κ1) is 33.8. The second kappa shape index (κ2) is 15.2. The van der Waals surface area contributed by atoms with Crippen LogP contribution in [0.1, 0.15) is 56.3 Å². The highest BCUT2D eigenvalue weighted by Crippen LogP contribution is 2.31. The summed E-state index contributed by atoms with van der Waals surface area (Å²) in [5.41, 5.74) is 7.55. The van der Waals surface area contributed by atoms with Gasteiger partial charge in [-0.05, 0) is 50.1 Å². The van der Waals surface area contributed by atoms with Gasteiger partial charge in [0.2, 0.25) is 21.8 Å². The number of para-hydroxylation sites is 2. The molecule has 13 heteroatoms. The Morgan fingerprint density at radius 2 is 1.77 bits per heavy atom. The van der Waals surface area contributed by atoms with E-state index >= 15 is 0 Å². The van der Waals surface area contributed by atoms with Gasteiger partial charge in [0.05, 0.1) is 42.4 Å². The van der Waals surface area contributed by atoms with Crippen molar-refractivity contribution in [2.24, 2.45) is 5.92 Å². The summed E-state index contributed by atoms with van der Waals surface area (Å²) >= 11 is 0. The number of fused-ring (bicyclic) bond motifs is 1. The molecule has 0 radical (unpaired) electrons. The summed E-state index contributed by atoms with van der Waals surface area (Å²) in [5, 5.41) is 15.4. The highest BCUT2D eigenvalue weighted by atomic mass is 32.2. The van der Waals surface area contributed by atoms with Crippen LogP contribution in [0.15, 0.2) is 42.5 Å². The molecule has 1 aliphatic rings. The number of benzene rings is 2. The molecule has 0 saturated heterocycles. The van der Waals surface area contributed by atoms with E-state index in [9.17, 15) is 27.9 Å². The Labute approximate surface area is 253 Å². The smallest absolute Gasteiger partial charge is 0.258 e. The van der Waals surface area contributed by atoms with Gasteiger partial charge >= 0.3 is 0 Å². The lowest BCUT2D eigenvalue weighted by Crippen LogP contribution is -2.50. The summed E-state index contributed by atoms with van der Waals surface area (Å²) in [6, 6.07) is 11.3. The minimum atomic E-state index is -3.46. The summed E-state index contributed by atoms with van der Waals surface area (Å²) in [6.07, 6.45) is 2.97. The largest absolute Gasteiger partial charge is 0.488 e. The number of anilines is 3. The molecule has 3 rings (SSSR count). The number of hydrogen-bond acceptors (Lipinski definition) is 8. The van der Waals surface area contributed by atoms with E-state index in [0.717, 1.165) is 6.26 Å². The SMILES string of the molecule is C[C@@H]1CN([C@H](C)CO)C(=O)c2cc(NC(=O)CCCCCC(=O)Nc3ccccc3N)ccc2O[C@H]1CN(C)S(C)(=O)=O. The molecule has 2 aromatic rings. The molecular weight excluding hydrogens is 574 g/mol. The number of nitrogens with two attached hydrogens (primary N) is 1. The van der Waals surface area contributed by atoms with Crippen LogP contribution in [0.25, 0.3) is 0 Å². The zero-order valence-electron chi connectivity index (χ0n) is 25.2. The third-order valence-corrected chi connectivity index (χ3v) is 8.78. The van der Waals surface area contributed by atoms with Crippen molar-refractivity contribution in [3.63, 3.8) is 0 Å². The quantitative estimate of drug-likeness (QED) is 0.196. The van der Waals surface area contributed by atoms with E-state index in [1.807, 2.05) is 6.92 Å². The molecule has 2 aromatic carbocycles. The lowest BCUT2D eigenvalue weighted by atomic mass is 9.99. The van der Waals surface area contributed by atoms with Crippen LogP contribution in [0.2, 0.25) is 0 Å². The van der Waals surface area contributed by atoms with Gasteiger partial charge in [-0.1, -0.05) is 25.5 Å². The molecular formula is C30H43N5O7S. The predicted molar refractivity (Wildman–Crippen MR) is 166 cm³/mol. The molecule has 5 N–H and O–H groups in total. The molecule has 0 spiro atoms. The summed E-state index contributed by atoms with van der Waals surface area (Å²) in [7, 11) is -1.99. The number of amides is 3. The van der Waals surface area contributed by atoms with Crippen molar-refractivity contribution < 1.29 is 32.6 Å². The Bertz CT molecular complexity index is 1400. The van der Waals surface area contributed by atoms with Crippen LogP contribution >= 0.6 is 0 Å². The molecule has 43 heavy (non-hydrogen) atoms. The molecule has 0 bridgehead atoms. The van der Waals surface area contributed by atoms with Crippen molar-refractivity contribution in [1.29, 1.82) is 0 Å². The van der Waals surface area contributed by atoms with Crippen LogP contribution < -0.4 is 21.1 Å². The summed E-state index contributed by atoms with van der Waals surface area (Å²) in [6.45, 7) is 3.68. The van der Waals surface area contributed by atoms with Crippen LogP contribution in [-0.2, 0) is 19.6 Å². The number of likely N-dealkylation sites (N-methyl/N-ethyl adjacent to an activating group) is 1. The maximum atomic E-state index is 13.6. The maximum absolute atomic E-state index is 13.6. The second-order valence-corrected chi connectivity index (χ2v) is 13.2. The van der Waals surface area contributed by atoms with Gasteiger partial charge in [-0.3, -0.25) is 14.4 Å². The van der Waals surface area contributed by atoms with Crippen LogP contribution in [0, 0.1) is 5.92 Å². The molecule has 0 saturated carbocycles. The molecule has 3 atom stereocenters. The maximum Gasteiger partial charge on any atom is 0.258 e. The van der Waals surface area contributed by atoms with Crippen molar-refractivity contribution in [3.8, 4) is 5.75 Å². The number of aliphatic hydroxyl groups is 1. The van der Waals surface area contributed by atoms with Gasteiger partial charge < -0.3 is 31.1 Å². The van der Waals surface area contributed by atoms with Crippen molar-refractivity contribution in [2.75, 3.05) is 49.4 Å². The van der Waals surface area contributed by atoms with Gasteiger partial charge in [-0.15, -0.1) is 0 Å². The van der Waals surface area contributed by atoms with Crippen molar-refractivity contribution >= 4 is 44.8 Å². The average molecular weight is 618 g/mol. The molecule has 1 aliphatic heterocycles. The summed E-state index contributed by atoms with van der Waals surface area (Å²) < 4.78 is 31.5. The molecule has 0 unspecified atom stereocenters. The van der Waals surface area contributed by atoms with Crippen LogP contribution in [0.4, 0.5) is 17.1 Å². The summed E-state index contributed by atoms with van der Waals surface area (Å²) in [5.74, 6) is -0.698. The van der Waals surface area contributed by atoms with Crippen molar-refractivity contribution in [2.45, 2.75) is 58.1 Å². The number of aliphatic hydroxyl groups excluding tert-OH is 1. The lowest BCUT2D eigenvalue weighted by Gasteiger charge is -2.38. The van der Waals surface area contributed by atoms with E-state index < -0.39 is 22.2 Å². The van der Waals surface area contributed by atoms with Crippen LogP contribution in [0.3, 0.4) is 0 Å². The monoisotopic (exact) mass is 617 g/mol. The predicted octanol–water partition coefficient (Wildman–Crippen LogP) is 2.91. The van der Waals surface area contributed by atoms with Crippen LogP contribution in [-0.4, -0.2) is 85.6 Å². The number of unbranched alkanes of at least 4 members (excludes halogenated alkanes) is 2. The molecule has 0 fully saturated rings. The Morgan fingerprint density at radius 3 is 2.40 bits per heavy atom. The first-order chi connectivity index (χ1) is 20.3. The zero-order valence-corrected chi connectivity index (χ0v) is 26.0. The number of nitrogens with one attached hydrogen (secondary N) is 2. The minimum Gasteiger partial charge on any atom is -0.488 e. The number of nitrogens with zero attached hydrogens (tertiary/aromatic N) is 2. The topological polar surface area (TPSA) is 171 Å². The van der Waals surface area contributed by atoms with Gasteiger partial charge in [0, 0.05) is 38.0 Å². The normalized spacial score (nSPS) is 17.8. The number of hydrogen-bond donors (Lipinski definition) is 4. The number of rotatable bonds is 13. The molecule has 236 valence electrons. The minimum absolute atomic E-state index is 0.0788. The van der Waals surface area contributed by atoms with E-state index in [1.54, 1.807) is 54.3 Å². The number of carbonyl (C=O) groups excluding carboxylic acids is 3. The van der Waals surface area contributed by atoms with E-state index in [-0.39, 0.29) is 61.1 Å². The Balaban J connectivity index is 1.62. The third-order valence-electron chi connectivity index (χ3n) is 7.49. The van der Waals surface area contributed by atoms with E-state index in [1.165, 1.54) is 11.4 Å². The first-order valence-corrected chi connectivity index (χ1v) is 16.2. The highest BCUT2D eigenvalue weighted by Gasteiger charge is 2.34. The molecule has 12 nitrogen and oxygen atoms in total. The van der Waals surface area contributed by atoms with Gasteiger partial charge in [-0.25, -0.2) is 12.7 Å². The Morgan fingerprint density at radius 1 is 1.12 bits per heavy atom. The number of nitrogen functional groups attached to an aromatic ring is 1. The average Bonchev–Trinajstić information content (AvgIpc) is 2.95. The van der Waals surface area contributed by atoms with E-state index in [0.29, 0.717) is 42.7 Å². The van der Waals surface area contributed by atoms with Gasteiger partial charge in [0.15, 0.2) is 0 Å². The zero-order chi connectivity index (χ0) is 31.7. The van der Waals surface area contributed by atoms with E-state index in [2.05, 4.69) is 10.6 Å². The molecule has 3 amide bonds. The van der Waals surface area contributed by atoms with Crippen molar-refractivity contribution in [3.05, 3.63) is 48.0 Å². The van der Waals surface area contributed by atoms with Crippen molar-refractivity contribution in [1.82, 2.24) is 9.21 Å². The molecule has 0 aliphatic carbocycles. The van der Waals surface area contributed by atoms with Gasteiger partial charge in [0.25, 0.3) is 5.91 Å². The third kappa shape index (κ3) is 9.66. The second-order valence-electron chi connectivity index (χ2n) is 11.1. The Kier molecular flexibility index (Phi) is 11.9. The standard InChI is InChI=1S/C30H43N5O7S/c1-20-17-35(21(2)19-36)30(39)23-16-22(14-15-26(23)42-27(20)18-34(3)43(4,40)41)32-28(37)12-6-5-7-13-29(38)33-25-11-9-8-10-24(25)31/h8-11,14-16,20-21,27,36H,5-7,12-13,17-19,31H2,1-4H3,(H,32,37)(H,33,38)/t20-,21-,27+/m1/s1. The fraction of sp³-hybridized carbons (Fsp3) is 0.500. The van der Waals surface area contributed by atoms with Gasteiger partial charge in [0.1, 0.15) is 11.9 Å². The highest BCUT2D eigenvalue weighted by molar-refractivity contribution is 7.88. The van der Waals surface area contributed by atoms with Crippen LogP contribution in [0.5, 0.6) is 5.75 Å². The fourth-order valence-corrected chi connectivity index (χ4v) is 5.12. The fourth-order valence-electron chi connectivity index (χ4n) is 4.70. The van der Waals surface area contributed by atoms with E-state index in [4.69, 9.17) is 10.5 Å². The molecule has 1 heterocycles. The van der Waals surface area contributed by atoms with Gasteiger partial charge in [-0.2, -0.15) is 0 Å². The number of sulfonamides is 1.